The van der Waals surface area contributed by atoms with E-state index in [1.54, 1.807) is 18.9 Å². The summed E-state index contributed by atoms with van der Waals surface area (Å²) < 4.78 is 4.80. The highest BCUT2D eigenvalue weighted by Crippen LogP contribution is 1.89. The molecule has 60 valence electrons. The Balaban J connectivity index is 3.28. The third kappa shape index (κ3) is 5.91. The van der Waals surface area contributed by atoms with Gasteiger partial charge >= 0.3 is 0 Å². The van der Waals surface area contributed by atoms with Crippen LogP contribution in [0.15, 0.2) is 4.99 Å². The number of aliphatic imine (C=N–C) groups is 1. The standard InChI is InChI=1S/C6H14N2OS/c1-9-4-3-8-6(7)5-10-2/h3-5H2,1-2H3,(H2,7,8). The van der Waals surface area contributed by atoms with Gasteiger partial charge in [-0.05, 0) is 6.26 Å². The van der Waals surface area contributed by atoms with Crippen LogP contribution >= 0.6 is 11.8 Å². The van der Waals surface area contributed by atoms with Crippen molar-refractivity contribution in [2.45, 2.75) is 0 Å². The zero-order valence-electron chi connectivity index (χ0n) is 6.46. The number of nitrogens with zero attached hydrogens (tertiary/aromatic N) is 1. The Kier molecular flexibility index (Phi) is 6.74. The molecule has 3 nitrogen and oxygen atoms in total. The van der Waals surface area contributed by atoms with E-state index >= 15 is 0 Å². The van der Waals surface area contributed by atoms with Gasteiger partial charge in [-0.2, -0.15) is 11.8 Å². The molecule has 0 fully saturated rings. The minimum Gasteiger partial charge on any atom is -0.387 e. The van der Waals surface area contributed by atoms with Crippen molar-refractivity contribution in [3.8, 4) is 0 Å². The minimum atomic E-state index is 0.648. The Morgan fingerprint density at radius 3 is 2.90 bits per heavy atom. The maximum atomic E-state index is 5.50. The Labute approximate surface area is 66.0 Å². The molecule has 0 bridgehead atoms. The summed E-state index contributed by atoms with van der Waals surface area (Å²) in [5.41, 5.74) is 5.50. The summed E-state index contributed by atoms with van der Waals surface area (Å²) in [5.74, 6) is 1.51. The van der Waals surface area contributed by atoms with Crippen molar-refractivity contribution in [1.82, 2.24) is 0 Å². The first-order valence-corrected chi connectivity index (χ1v) is 4.47. The Bertz CT molecular complexity index is 106. The summed E-state index contributed by atoms with van der Waals surface area (Å²) in [7, 11) is 1.65. The molecule has 0 aromatic rings. The summed E-state index contributed by atoms with van der Waals surface area (Å²) in [6.45, 7) is 1.32. The second-order valence-corrected chi connectivity index (χ2v) is 2.66. The molecular formula is C6H14N2OS. The van der Waals surface area contributed by atoms with Crippen molar-refractivity contribution in [1.29, 1.82) is 0 Å². The van der Waals surface area contributed by atoms with Crippen LogP contribution in [-0.4, -0.2) is 38.1 Å². The smallest absolute Gasteiger partial charge is 0.104 e. The van der Waals surface area contributed by atoms with Gasteiger partial charge in [0.1, 0.15) is 5.84 Å². The first kappa shape index (κ1) is 9.78. The molecule has 0 aromatic heterocycles. The molecule has 10 heavy (non-hydrogen) atoms. The van der Waals surface area contributed by atoms with Crippen LogP contribution in [0, 0.1) is 0 Å². The van der Waals surface area contributed by atoms with Gasteiger partial charge in [0.05, 0.1) is 18.9 Å². The average molecular weight is 162 g/mol. The third-order valence-corrected chi connectivity index (χ3v) is 1.49. The molecule has 0 rings (SSSR count). The van der Waals surface area contributed by atoms with E-state index in [1.807, 2.05) is 6.26 Å². The monoisotopic (exact) mass is 162 g/mol. The van der Waals surface area contributed by atoms with Crippen LogP contribution in [0.25, 0.3) is 0 Å². The lowest BCUT2D eigenvalue weighted by Crippen LogP contribution is -2.15. The number of thioether (sulfide) groups is 1. The lowest BCUT2D eigenvalue weighted by atomic mass is 10.6. The van der Waals surface area contributed by atoms with E-state index in [-0.39, 0.29) is 0 Å². The number of hydrogen-bond acceptors (Lipinski definition) is 3. The molecule has 0 atom stereocenters. The van der Waals surface area contributed by atoms with Crippen molar-refractivity contribution < 1.29 is 4.74 Å². The first-order valence-electron chi connectivity index (χ1n) is 3.08. The Hall–Kier alpha value is -0.220. The van der Waals surface area contributed by atoms with Gasteiger partial charge in [-0.25, -0.2) is 0 Å². The number of ether oxygens (including phenoxy) is 1. The molecule has 0 saturated heterocycles. The van der Waals surface area contributed by atoms with Crippen LogP contribution in [0.3, 0.4) is 0 Å². The van der Waals surface area contributed by atoms with Crippen molar-refractivity contribution >= 4 is 17.6 Å². The molecule has 4 heteroatoms. The van der Waals surface area contributed by atoms with E-state index in [0.717, 1.165) is 5.75 Å². The van der Waals surface area contributed by atoms with E-state index in [2.05, 4.69) is 4.99 Å². The molecule has 0 heterocycles. The largest absolute Gasteiger partial charge is 0.387 e. The van der Waals surface area contributed by atoms with Crippen LogP contribution in [0.1, 0.15) is 0 Å². The second-order valence-electron chi connectivity index (χ2n) is 1.80. The van der Waals surface area contributed by atoms with Crippen LogP contribution in [-0.2, 0) is 4.74 Å². The van der Waals surface area contributed by atoms with E-state index in [1.165, 1.54) is 0 Å². The minimum absolute atomic E-state index is 0.648. The van der Waals surface area contributed by atoms with Gasteiger partial charge in [-0.3, -0.25) is 4.99 Å². The van der Waals surface area contributed by atoms with Crippen molar-refractivity contribution in [3.63, 3.8) is 0 Å². The summed E-state index contributed by atoms with van der Waals surface area (Å²) in [6, 6.07) is 0. The number of hydrogen-bond donors (Lipinski definition) is 1. The lowest BCUT2D eigenvalue weighted by molar-refractivity contribution is 0.208. The predicted octanol–water partition coefficient (Wildman–Crippen LogP) is 0.353. The second kappa shape index (κ2) is 6.89. The quantitative estimate of drug-likeness (QED) is 0.360. The van der Waals surface area contributed by atoms with E-state index in [9.17, 15) is 0 Å². The molecule has 0 aliphatic carbocycles. The van der Waals surface area contributed by atoms with Gasteiger partial charge < -0.3 is 10.5 Å². The summed E-state index contributed by atoms with van der Waals surface area (Å²) in [5, 5.41) is 0. The average Bonchev–Trinajstić information content (AvgIpc) is 1.89. The predicted molar refractivity (Wildman–Crippen MR) is 46.7 cm³/mol. The van der Waals surface area contributed by atoms with Gasteiger partial charge in [0.25, 0.3) is 0 Å². The molecule has 2 N–H and O–H groups in total. The van der Waals surface area contributed by atoms with Crippen molar-refractivity contribution in [3.05, 3.63) is 0 Å². The zero-order valence-corrected chi connectivity index (χ0v) is 7.28. The maximum Gasteiger partial charge on any atom is 0.104 e. The maximum absolute atomic E-state index is 5.50. The highest BCUT2D eigenvalue weighted by atomic mass is 32.2. The van der Waals surface area contributed by atoms with Gasteiger partial charge in [-0.15, -0.1) is 0 Å². The van der Waals surface area contributed by atoms with Gasteiger partial charge in [0.2, 0.25) is 0 Å². The van der Waals surface area contributed by atoms with Crippen LogP contribution in [0.4, 0.5) is 0 Å². The Morgan fingerprint density at radius 1 is 1.70 bits per heavy atom. The zero-order chi connectivity index (χ0) is 7.82. The van der Waals surface area contributed by atoms with Crippen LogP contribution < -0.4 is 5.73 Å². The number of rotatable bonds is 5. The summed E-state index contributed by atoms with van der Waals surface area (Å²) in [4.78, 5) is 4.05. The highest BCUT2D eigenvalue weighted by molar-refractivity contribution is 7.99. The molecule has 0 aromatic carbocycles. The van der Waals surface area contributed by atoms with Crippen LogP contribution in [0.2, 0.25) is 0 Å². The molecule has 0 aliphatic rings. The molecule has 0 aliphatic heterocycles. The first-order chi connectivity index (χ1) is 4.81. The molecule has 0 spiro atoms. The fraction of sp³-hybridized carbons (Fsp3) is 0.833. The summed E-state index contributed by atoms with van der Waals surface area (Å²) >= 11 is 1.67. The molecular weight excluding hydrogens is 148 g/mol. The molecule has 0 radical (unpaired) electrons. The fourth-order valence-corrected chi connectivity index (χ4v) is 0.861. The normalized spacial score (nSPS) is 12.0. The molecule has 0 amide bonds. The number of amidine groups is 1. The van der Waals surface area contributed by atoms with E-state index in [4.69, 9.17) is 10.5 Å². The van der Waals surface area contributed by atoms with Gasteiger partial charge in [0.15, 0.2) is 0 Å². The number of nitrogens with two attached hydrogens (primary N) is 1. The van der Waals surface area contributed by atoms with Gasteiger partial charge in [-0.1, -0.05) is 0 Å². The van der Waals surface area contributed by atoms with E-state index in [0.29, 0.717) is 19.0 Å². The topological polar surface area (TPSA) is 47.6 Å². The van der Waals surface area contributed by atoms with E-state index < -0.39 is 0 Å². The van der Waals surface area contributed by atoms with Crippen molar-refractivity contribution in [2.24, 2.45) is 10.7 Å². The van der Waals surface area contributed by atoms with Gasteiger partial charge in [0, 0.05) is 7.11 Å². The van der Waals surface area contributed by atoms with Crippen LogP contribution in [0.5, 0.6) is 0 Å². The Morgan fingerprint density at radius 2 is 2.40 bits per heavy atom. The molecule has 0 unspecified atom stereocenters. The third-order valence-electron chi connectivity index (χ3n) is 0.903. The highest BCUT2D eigenvalue weighted by Gasteiger charge is 1.87. The SMILES string of the molecule is COCCN=C(N)CSC. The number of methoxy groups -OCH3 is 1. The lowest BCUT2D eigenvalue weighted by Gasteiger charge is -1.96. The molecule has 0 saturated carbocycles. The van der Waals surface area contributed by atoms with Crippen molar-refractivity contribution in [2.75, 3.05) is 32.3 Å². The summed E-state index contributed by atoms with van der Waals surface area (Å²) in [6.07, 6.45) is 2.00. The fourth-order valence-electron chi connectivity index (χ4n) is 0.474.